The first-order valence-electron chi connectivity index (χ1n) is 9.86. The van der Waals surface area contributed by atoms with Gasteiger partial charge >= 0.3 is 0 Å². The molecule has 157 valence electrons. The molecule has 0 fully saturated rings. The molecule has 5 heteroatoms. The molecule has 1 radical (unpaired) electrons. The van der Waals surface area contributed by atoms with Crippen LogP contribution in [0.25, 0.3) is 42.7 Å². The maximum absolute atomic E-state index is 4.51. The van der Waals surface area contributed by atoms with Crippen LogP contribution in [0, 0.1) is 12.1 Å². The summed E-state index contributed by atoms with van der Waals surface area (Å²) in [5, 5.41) is 2.54. The van der Waals surface area contributed by atoms with Crippen LogP contribution in [0.4, 0.5) is 0 Å². The molecule has 3 nitrogen and oxygen atoms in total. The molecule has 32 heavy (non-hydrogen) atoms. The van der Waals surface area contributed by atoms with E-state index in [4.69, 9.17) is 0 Å². The van der Waals surface area contributed by atoms with Crippen LogP contribution in [0.15, 0.2) is 104 Å². The molecule has 0 saturated heterocycles. The van der Waals surface area contributed by atoms with Gasteiger partial charge in [-0.2, -0.15) is 0 Å². The molecule has 0 spiro atoms. The molecular weight excluding hydrogens is 591 g/mol. The first-order valence-corrected chi connectivity index (χ1v) is 10.7. The van der Waals surface area contributed by atoms with Crippen LogP contribution in [0.3, 0.4) is 0 Å². The summed E-state index contributed by atoms with van der Waals surface area (Å²) >= 11 is 1.78. The number of pyridine rings is 3. The number of benzene rings is 2. The molecule has 0 unspecified atom stereocenters. The van der Waals surface area contributed by atoms with Crippen LogP contribution >= 0.6 is 11.3 Å². The summed E-state index contributed by atoms with van der Waals surface area (Å²) in [7, 11) is 0. The fourth-order valence-electron chi connectivity index (χ4n) is 3.32. The molecule has 0 aliphatic carbocycles. The van der Waals surface area contributed by atoms with E-state index >= 15 is 0 Å². The average molecular weight is 608 g/mol. The van der Waals surface area contributed by atoms with E-state index in [2.05, 4.69) is 57.4 Å². The van der Waals surface area contributed by atoms with Gasteiger partial charge in [-0.3, -0.25) is 0 Å². The van der Waals surface area contributed by atoms with Gasteiger partial charge in [0.2, 0.25) is 0 Å². The minimum atomic E-state index is 0. The standard InChI is InChI=1S/C16H9N2S.C11H8N.Ir/c1-2-6-15-12(5-1)13-8-14(18-10-16(13)19-15)11-4-3-7-17-9-11;1-2-6-10(7-3-1)11-8-4-5-9-12-11;/h1-3,5-10H;1-6,8-9H;/q2*-1;. The van der Waals surface area contributed by atoms with Crippen LogP contribution < -0.4 is 0 Å². The summed E-state index contributed by atoms with van der Waals surface area (Å²) in [6, 6.07) is 32.4. The van der Waals surface area contributed by atoms with E-state index in [0.717, 1.165) is 22.5 Å². The van der Waals surface area contributed by atoms with Gasteiger partial charge in [-0.1, -0.05) is 48.8 Å². The maximum Gasteiger partial charge on any atom is 0.0521 e. The Bertz CT molecular complexity index is 1380. The predicted molar refractivity (Wildman–Crippen MR) is 128 cm³/mol. The zero-order valence-corrected chi connectivity index (χ0v) is 20.1. The fourth-order valence-corrected chi connectivity index (χ4v) is 4.37. The predicted octanol–water partition coefficient (Wildman–Crippen LogP) is 6.86. The smallest absolute Gasteiger partial charge is 0.0521 e. The van der Waals surface area contributed by atoms with Crippen LogP contribution in [-0.4, -0.2) is 15.0 Å². The Morgan fingerprint density at radius 1 is 0.625 bits per heavy atom. The molecule has 0 N–H and O–H groups in total. The Hall–Kier alpha value is -3.24. The van der Waals surface area contributed by atoms with Gasteiger partial charge in [-0.15, -0.1) is 64.9 Å². The van der Waals surface area contributed by atoms with Gasteiger partial charge in [0.25, 0.3) is 0 Å². The van der Waals surface area contributed by atoms with E-state index in [1.807, 2.05) is 54.7 Å². The van der Waals surface area contributed by atoms with Crippen molar-refractivity contribution >= 4 is 31.5 Å². The molecule has 0 aliphatic heterocycles. The van der Waals surface area contributed by atoms with Crippen LogP contribution in [-0.2, 0) is 20.1 Å². The van der Waals surface area contributed by atoms with E-state index in [1.54, 1.807) is 29.9 Å². The van der Waals surface area contributed by atoms with Crippen LogP contribution in [0.2, 0.25) is 0 Å². The molecule has 0 aliphatic rings. The van der Waals surface area contributed by atoms with Crippen LogP contribution in [0.5, 0.6) is 0 Å². The third-order valence-corrected chi connectivity index (χ3v) is 5.91. The van der Waals surface area contributed by atoms with Crippen molar-refractivity contribution in [2.45, 2.75) is 0 Å². The molecule has 4 aromatic heterocycles. The Morgan fingerprint density at radius 3 is 2.25 bits per heavy atom. The average Bonchev–Trinajstić information content (AvgIpc) is 3.24. The van der Waals surface area contributed by atoms with Crippen molar-refractivity contribution in [2.24, 2.45) is 0 Å². The quantitative estimate of drug-likeness (QED) is 0.202. The summed E-state index contributed by atoms with van der Waals surface area (Å²) < 4.78 is 2.51. The van der Waals surface area contributed by atoms with Crippen molar-refractivity contribution in [1.29, 1.82) is 0 Å². The first-order chi connectivity index (χ1) is 15.4. The fraction of sp³-hybridized carbons (Fsp3) is 0. The summed E-state index contributed by atoms with van der Waals surface area (Å²) in [4.78, 5) is 12.9. The van der Waals surface area contributed by atoms with E-state index in [-0.39, 0.29) is 20.1 Å². The molecule has 0 bridgehead atoms. The molecule has 4 heterocycles. The number of hydrogen-bond donors (Lipinski definition) is 0. The van der Waals surface area contributed by atoms with Crippen molar-refractivity contribution in [3.63, 3.8) is 0 Å². The van der Waals surface area contributed by atoms with Gasteiger partial charge in [0.05, 0.1) is 4.70 Å². The molecule has 0 atom stereocenters. The number of fused-ring (bicyclic) bond motifs is 3. The van der Waals surface area contributed by atoms with Gasteiger partial charge < -0.3 is 15.0 Å². The van der Waals surface area contributed by atoms with Crippen LogP contribution in [0.1, 0.15) is 0 Å². The summed E-state index contributed by atoms with van der Waals surface area (Å²) in [6.07, 6.45) is 7.25. The zero-order chi connectivity index (χ0) is 20.9. The van der Waals surface area contributed by atoms with E-state index in [0.29, 0.717) is 0 Å². The van der Waals surface area contributed by atoms with Gasteiger partial charge in [0.1, 0.15) is 0 Å². The Morgan fingerprint density at radius 2 is 1.47 bits per heavy atom. The Kier molecular flexibility index (Phi) is 7.13. The van der Waals surface area contributed by atoms with Gasteiger partial charge in [-0.05, 0) is 34.3 Å². The Labute approximate surface area is 204 Å². The van der Waals surface area contributed by atoms with Crippen molar-refractivity contribution < 1.29 is 20.1 Å². The molecule has 2 aromatic carbocycles. The maximum atomic E-state index is 4.51. The minimum Gasteiger partial charge on any atom is -0.360 e. The molecular formula is C27H17IrN3S-2. The number of hydrogen-bond acceptors (Lipinski definition) is 4. The third kappa shape index (κ3) is 4.81. The van der Waals surface area contributed by atoms with Crippen molar-refractivity contribution in [1.82, 2.24) is 15.0 Å². The van der Waals surface area contributed by atoms with Gasteiger partial charge in [-0.25, -0.2) is 0 Å². The monoisotopic (exact) mass is 608 g/mol. The number of rotatable bonds is 2. The molecule has 6 aromatic rings. The van der Waals surface area contributed by atoms with Gasteiger partial charge in [0.15, 0.2) is 0 Å². The second kappa shape index (κ2) is 10.4. The normalized spacial score (nSPS) is 10.2. The summed E-state index contributed by atoms with van der Waals surface area (Å²) in [5.41, 5.74) is 3.86. The SMILES string of the molecule is [Ir].[c-]1ccccc1-c1ccccn1.[c-]1ccncc1-c1cc2c(cn1)sc1ccccc12. The first kappa shape index (κ1) is 22.0. The Balaban J connectivity index is 0.000000164. The number of nitrogens with zero attached hydrogens (tertiary/aromatic N) is 3. The molecule has 6 rings (SSSR count). The van der Waals surface area contributed by atoms with Crippen molar-refractivity contribution in [3.8, 4) is 22.5 Å². The largest absolute Gasteiger partial charge is 0.360 e. The number of thiophene rings is 1. The zero-order valence-electron chi connectivity index (χ0n) is 16.9. The van der Waals surface area contributed by atoms with E-state index < -0.39 is 0 Å². The third-order valence-electron chi connectivity index (χ3n) is 4.79. The number of aromatic nitrogens is 3. The van der Waals surface area contributed by atoms with Gasteiger partial charge in [0, 0.05) is 37.2 Å². The van der Waals surface area contributed by atoms with Crippen molar-refractivity contribution in [3.05, 3.63) is 116 Å². The second-order valence-corrected chi connectivity index (χ2v) is 7.89. The van der Waals surface area contributed by atoms with E-state index in [1.165, 1.54) is 20.2 Å². The molecule has 0 amide bonds. The summed E-state index contributed by atoms with van der Waals surface area (Å²) in [5.74, 6) is 0. The topological polar surface area (TPSA) is 38.7 Å². The van der Waals surface area contributed by atoms with E-state index in [9.17, 15) is 0 Å². The summed E-state index contributed by atoms with van der Waals surface area (Å²) in [6.45, 7) is 0. The molecule has 0 saturated carbocycles. The van der Waals surface area contributed by atoms with Crippen molar-refractivity contribution in [2.75, 3.05) is 0 Å². The second-order valence-electron chi connectivity index (χ2n) is 6.81. The minimum absolute atomic E-state index is 0.